The molecule has 0 amide bonds. The molecular weight excluding hydrogens is 224 g/mol. The van der Waals surface area contributed by atoms with Crippen LogP contribution in [0.1, 0.15) is 16.8 Å². The maximum Gasteiger partial charge on any atom is 0.335 e. The van der Waals surface area contributed by atoms with E-state index in [2.05, 4.69) is 10.3 Å². The minimum Gasteiger partial charge on any atom is -0.478 e. The lowest BCUT2D eigenvalue weighted by Crippen LogP contribution is -2.13. The summed E-state index contributed by atoms with van der Waals surface area (Å²) in [6, 6.07) is 6.74. The van der Waals surface area contributed by atoms with Crippen molar-refractivity contribution in [2.45, 2.75) is 6.42 Å². The number of carboxylic acid groups (broad SMARTS) is 1. The fourth-order valence-electron chi connectivity index (χ4n) is 1.39. The van der Waals surface area contributed by atoms with E-state index >= 15 is 0 Å². The van der Waals surface area contributed by atoms with Crippen LogP contribution >= 0.6 is 11.8 Å². The summed E-state index contributed by atoms with van der Waals surface area (Å²) in [6.45, 7) is 0.841. The van der Waals surface area contributed by atoms with E-state index < -0.39 is 5.97 Å². The molecule has 0 aromatic heterocycles. The van der Waals surface area contributed by atoms with Gasteiger partial charge in [-0.05, 0) is 24.6 Å². The lowest BCUT2D eigenvalue weighted by molar-refractivity contribution is 0.0697. The molecule has 2 N–H and O–H groups in total. The predicted molar refractivity (Wildman–Crippen MR) is 66.4 cm³/mol. The van der Waals surface area contributed by atoms with Crippen molar-refractivity contribution in [1.82, 2.24) is 0 Å². The fourth-order valence-corrected chi connectivity index (χ4v) is 2.23. The van der Waals surface area contributed by atoms with E-state index in [0.29, 0.717) is 0 Å². The molecule has 1 heterocycles. The molecule has 0 saturated carbocycles. The van der Waals surface area contributed by atoms with Crippen molar-refractivity contribution in [1.29, 1.82) is 0 Å². The standard InChI is InChI=1S/C11H12N2O2S/c14-10(15)8-3-1-4-9(7-8)13-11-12-5-2-6-16-11/h1,3-4,7H,2,5-6H2,(H,12,13)(H,14,15). The summed E-state index contributed by atoms with van der Waals surface area (Å²) < 4.78 is 0. The van der Waals surface area contributed by atoms with Gasteiger partial charge in [-0.3, -0.25) is 4.99 Å². The van der Waals surface area contributed by atoms with Gasteiger partial charge in [0.2, 0.25) is 0 Å². The molecule has 0 saturated heterocycles. The topological polar surface area (TPSA) is 61.7 Å². The number of aliphatic imine (C=N–C) groups is 1. The van der Waals surface area contributed by atoms with Crippen LogP contribution in [0.4, 0.5) is 5.69 Å². The Hall–Kier alpha value is -1.49. The van der Waals surface area contributed by atoms with Crippen LogP contribution in [0.15, 0.2) is 29.3 Å². The first kappa shape index (κ1) is 11.0. The number of hydrogen-bond acceptors (Lipinski definition) is 4. The van der Waals surface area contributed by atoms with Gasteiger partial charge < -0.3 is 10.4 Å². The lowest BCUT2D eigenvalue weighted by Gasteiger charge is -2.13. The Labute approximate surface area is 97.8 Å². The molecule has 0 aliphatic carbocycles. The molecular formula is C11H12N2O2S. The number of rotatable bonds is 2. The van der Waals surface area contributed by atoms with Crippen LogP contribution in [0.3, 0.4) is 0 Å². The summed E-state index contributed by atoms with van der Waals surface area (Å²) >= 11 is 1.66. The molecule has 4 nitrogen and oxygen atoms in total. The first-order valence-electron chi connectivity index (χ1n) is 5.03. The smallest absolute Gasteiger partial charge is 0.335 e. The number of aromatic carboxylic acids is 1. The summed E-state index contributed by atoms with van der Waals surface area (Å²) in [4.78, 5) is 15.1. The van der Waals surface area contributed by atoms with Crippen LogP contribution in [0.5, 0.6) is 0 Å². The molecule has 1 aliphatic rings. The maximum absolute atomic E-state index is 10.8. The number of carboxylic acids is 1. The SMILES string of the molecule is O=C(O)c1cccc(NC2=NCCCS2)c1. The first-order chi connectivity index (χ1) is 7.75. The molecule has 16 heavy (non-hydrogen) atoms. The van der Waals surface area contributed by atoms with Gasteiger partial charge in [-0.15, -0.1) is 0 Å². The molecule has 0 unspecified atom stereocenters. The molecule has 5 heteroatoms. The first-order valence-corrected chi connectivity index (χ1v) is 6.02. The number of amidine groups is 1. The molecule has 84 valence electrons. The van der Waals surface area contributed by atoms with Gasteiger partial charge in [0.25, 0.3) is 0 Å². The van der Waals surface area contributed by atoms with Crippen LogP contribution in [0.2, 0.25) is 0 Å². The van der Waals surface area contributed by atoms with Gasteiger partial charge >= 0.3 is 5.97 Å². The molecule has 0 bridgehead atoms. The van der Waals surface area contributed by atoms with Crippen LogP contribution in [-0.2, 0) is 0 Å². The van der Waals surface area contributed by atoms with Crippen molar-refractivity contribution in [3.05, 3.63) is 29.8 Å². The second-order valence-electron chi connectivity index (χ2n) is 3.40. The van der Waals surface area contributed by atoms with Gasteiger partial charge in [0, 0.05) is 18.0 Å². The van der Waals surface area contributed by atoms with Gasteiger partial charge in [-0.25, -0.2) is 4.79 Å². The Bertz CT molecular complexity index is 432. The molecule has 0 atom stereocenters. The van der Waals surface area contributed by atoms with E-state index in [4.69, 9.17) is 5.11 Å². The molecule has 0 radical (unpaired) electrons. The summed E-state index contributed by atoms with van der Waals surface area (Å²) in [6.07, 6.45) is 1.10. The van der Waals surface area contributed by atoms with E-state index in [-0.39, 0.29) is 5.56 Å². The van der Waals surface area contributed by atoms with E-state index in [9.17, 15) is 4.79 Å². The number of nitrogens with zero attached hydrogens (tertiary/aromatic N) is 1. The number of thioether (sulfide) groups is 1. The molecule has 1 aromatic carbocycles. The quantitative estimate of drug-likeness (QED) is 0.827. The highest BCUT2D eigenvalue weighted by Gasteiger charge is 2.07. The average Bonchev–Trinajstić information content (AvgIpc) is 2.30. The van der Waals surface area contributed by atoms with Gasteiger partial charge in [0.05, 0.1) is 5.56 Å². The third kappa shape index (κ3) is 2.76. The number of benzene rings is 1. The Morgan fingerprint density at radius 2 is 2.38 bits per heavy atom. The maximum atomic E-state index is 10.8. The van der Waals surface area contributed by atoms with Gasteiger partial charge in [-0.2, -0.15) is 0 Å². The Balaban J connectivity index is 2.12. The van der Waals surface area contributed by atoms with Gasteiger partial charge in [0.15, 0.2) is 5.17 Å². The van der Waals surface area contributed by atoms with E-state index in [1.165, 1.54) is 0 Å². The van der Waals surface area contributed by atoms with Crippen molar-refractivity contribution in [2.75, 3.05) is 17.6 Å². The second-order valence-corrected chi connectivity index (χ2v) is 4.48. The van der Waals surface area contributed by atoms with Crippen LogP contribution in [-0.4, -0.2) is 28.5 Å². The van der Waals surface area contributed by atoms with Crippen molar-refractivity contribution >= 4 is 28.6 Å². The van der Waals surface area contributed by atoms with Crippen molar-refractivity contribution in [3.63, 3.8) is 0 Å². The van der Waals surface area contributed by atoms with Gasteiger partial charge in [0.1, 0.15) is 0 Å². The number of anilines is 1. The van der Waals surface area contributed by atoms with Crippen molar-refractivity contribution in [3.8, 4) is 0 Å². The number of nitrogens with one attached hydrogen (secondary N) is 1. The molecule has 1 aromatic rings. The highest BCUT2D eigenvalue weighted by molar-refractivity contribution is 8.14. The summed E-state index contributed by atoms with van der Waals surface area (Å²) in [5, 5.41) is 12.8. The molecule has 0 spiro atoms. The van der Waals surface area contributed by atoms with Crippen molar-refractivity contribution < 1.29 is 9.90 Å². The second kappa shape index (κ2) is 5.03. The zero-order chi connectivity index (χ0) is 11.4. The third-order valence-corrected chi connectivity index (χ3v) is 3.15. The van der Waals surface area contributed by atoms with Crippen LogP contribution < -0.4 is 5.32 Å². The molecule has 0 fully saturated rings. The van der Waals surface area contributed by atoms with E-state index in [1.54, 1.807) is 30.0 Å². The summed E-state index contributed by atoms with van der Waals surface area (Å²) in [5.41, 5.74) is 1.06. The number of hydrogen-bond donors (Lipinski definition) is 2. The van der Waals surface area contributed by atoms with Gasteiger partial charge in [-0.1, -0.05) is 17.8 Å². The monoisotopic (exact) mass is 236 g/mol. The largest absolute Gasteiger partial charge is 0.478 e. The zero-order valence-corrected chi connectivity index (χ0v) is 9.46. The highest BCUT2D eigenvalue weighted by Crippen LogP contribution is 2.17. The minimum absolute atomic E-state index is 0.284. The summed E-state index contributed by atoms with van der Waals surface area (Å²) in [7, 11) is 0. The molecule has 1 aliphatic heterocycles. The van der Waals surface area contributed by atoms with Crippen LogP contribution in [0, 0.1) is 0 Å². The lowest BCUT2D eigenvalue weighted by atomic mass is 10.2. The zero-order valence-electron chi connectivity index (χ0n) is 8.64. The fraction of sp³-hybridized carbons (Fsp3) is 0.273. The summed E-state index contributed by atoms with van der Waals surface area (Å²) in [5.74, 6) is 0.145. The average molecular weight is 236 g/mol. The Morgan fingerprint density at radius 1 is 1.50 bits per heavy atom. The normalized spacial score (nSPS) is 15.4. The van der Waals surface area contributed by atoms with E-state index in [0.717, 1.165) is 29.6 Å². The minimum atomic E-state index is -0.915. The number of carbonyl (C=O) groups is 1. The molecule has 2 rings (SSSR count). The Morgan fingerprint density at radius 3 is 3.06 bits per heavy atom. The van der Waals surface area contributed by atoms with Crippen molar-refractivity contribution in [2.24, 2.45) is 4.99 Å². The predicted octanol–water partition coefficient (Wildman–Crippen LogP) is 2.29. The highest BCUT2D eigenvalue weighted by atomic mass is 32.2. The van der Waals surface area contributed by atoms with Crippen LogP contribution in [0.25, 0.3) is 0 Å². The third-order valence-electron chi connectivity index (χ3n) is 2.16. The Kier molecular flexibility index (Phi) is 3.46. The van der Waals surface area contributed by atoms with E-state index in [1.807, 2.05) is 6.07 Å².